The van der Waals surface area contributed by atoms with E-state index >= 15 is 0 Å². The zero-order valence-electron chi connectivity index (χ0n) is 13.7. The fourth-order valence-electron chi connectivity index (χ4n) is 2.46. The van der Waals surface area contributed by atoms with E-state index in [2.05, 4.69) is 10.2 Å². The van der Waals surface area contributed by atoms with E-state index in [0.717, 1.165) is 5.69 Å². The molecule has 1 aromatic heterocycles. The van der Waals surface area contributed by atoms with E-state index in [4.69, 9.17) is 9.47 Å². The van der Waals surface area contributed by atoms with Crippen LogP contribution in [0.2, 0.25) is 0 Å². The molecule has 1 amide bonds. The Balaban J connectivity index is 2.22. The summed E-state index contributed by atoms with van der Waals surface area (Å²) in [4.78, 5) is 25.8. The number of H-pyrrole nitrogens is 1. The first-order valence-electron chi connectivity index (χ1n) is 7.45. The summed E-state index contributed by atoms with van der Waals surface area (Å²) in [6.45, 7) is 10.3. The zero-order valence-corrected chi connectivity index (χ0v) is 13.7. The Hall–Kier alpha value is -2.05. The lowest BCUT2D eigenvalue weighted by Crippen LogP contribution is -2.41. The van der Waals surface area contributed by atoms with E-state index < -0.39 is 11.6 Å². The molecule has 1 atom stereocenters. The van der Waals surface area contributed by atoms with Crippen LogP contribution >= 0.6 is 0 Å². The topological polar surface area (TPSA) is 84.5 Å². The highest BCUT2D eigenvalue weighted by molar-refractivity contribution is 5.89. The number of esters is 1. The molecule has 2 rings (SSSR count). The quantitative estimate of drug-likeness (QED) is 0.848. The lowest BCUT2D eigenvalue weighted by atomic mass is 9.97. The smallest absolute Gasteiger partial charge is 0.410 e. The first kappa shape index (κ1) is 16.3. The summed E-state index contributed by atoms with van der Waals surface area (Å²) < 4.78 is 10.4. The van der Waals surface area contributed by atoms with Crippen molar-refractivity contribution in [1.29, 1.82) is 0 Å². The molecule has 0 aliphatic carbocycles. The van der Waals surface area contributed by atoms with Crippen LogP contribution in [0.15, 0.2) is 0 Å². The molecular weight excluding hydrogens is 286 g/mol. The van der Waals surface area contributed by atoms with Crippen molar-refractivity contribution in [2.75, 3.05) is 13.2 Å². The average molecular weight is 309 g/mol. The van der Waals surface area contributed by atoms with Crippen LogP contribution in [0.1, 0.15) is 62.3 Å². The molecule has 7 nitrogen and oxygen atoms in total. The third kappa shape index (κ3) is 3.40. The summed E-state index contributed by atoms with van der Waals surface area (Å²) in [5, 5.41) is 6.95. The maximum absolute atomic E-state index is 12.3. The molecule has 22 heavy (non-hydrogen) atoms. The second-order valence-electron chi connectivity index (χ2n) is 6.45. The highest BCUT2D eigenvalue weighted by atomic mass is 16.6. The summed E-state index contributed by atoms with van der Waals surface area (Å²) in [5.74, 6) is -0.426. The maximum Gasteiger partial charge on any atom is 0.410 e. The van der Waals surface area contributed by atoms with Gasteiger partial charge >= 0.3 is 12.1 Å². The molecule has 2 heterocycles. The van der Waals surface area contributed by atoms with Gasteiger partial charge in [-0.3, -0.25) is 5.10 Å². The molecule has 0 saturated heterocycles. The molecule has 0 aromatic carbocycles. The molecule has 1 aliphatic rings. The van der Waals surface area contributed by atoms with Gasteiger partial charge in [0.15, 0.2) is 5.69 Å². The minimum atomic E-state index is -0.555. The Labute approximate surface area is 130 Å². The van der Waals surface area contributed by atoms with Gasteiger partial charge in [-0.05, 0) is 27.7 Å². The molecular formula is C15H23N3O4. The molecule has 0 radical (unpaired) electrons. The molecule has 1 aromatic rings. The van der Waals surface area contributed by atoms with Crippen molar-refractivity contribution in [1.82, 2.24) is 15.1 Å². The minimum Gasteiger partial charge on any atom is -0.461 e. The van der Waals surface area contributed by atoms with Gasteiger partial charge < -0.3 is 14.4 Å². The summed E-state index contributed by atoms with van der Waals surface area (Å²) >= 11 is 0. The van der Waals surface area contributed by atoms with Crippen LogP contribution < -0.4 is 0 Å². The minimum absolute atomic E-state index is 0.0481. The van der Waals surface area contributed by atoms with Crippen LogP contribution in [0.25, 0.3) is 0 Å². The van der Waals surface area contributed by atoms with Gasteiger partial charge in [-0.1, -0.05) is 6.92 Å². The number of nitrogens with one attached hydrogen (secondary N) is 1. The predicted molar refractivity (Wildman–Crippen MR) is 79.6 cm³/mol. The average Bonchev–Trinajstić information content (AvgIpc) is 2.81. The van der Waals surface area contributed by atoms with Gasteiger partial charge in [-0.25, -0.2) is 9.59 Å². The second kappa shape index (κ2) is 5.98. The van der Waals surface area contributed by atoms with E-state index in [1.54, 1.807) is 11.8 Å². The van der Waals surface area contributed by atoms with Crippen molar-refractivity contribution in [3.63, 3.8) is 0 Å². The van der Waals surface area contributed by atoms with Gasteiger partial charge in [0.1, 0.15) is 5.60 Å². The van der Waals surface area contributed by atoms with Gasteiger partial charge in [0.05, 0.1) is 13.2 Å². The molecule has 1 aliphatic heterocycles. The Bertz CT molecular complexity index is 574. The van der Waals surface area contributed by atoms with Gasteiger partial charge in [0.2, 0.25) is 0 Å². The molecule has 0 bridgehead atoms. The number of hydrogen-bond acceptors (Lipinski definition) is 5. The third-order valence-electron chi connectivity index (χ3n) is 3.36. The molecule has 0 unspecified atom stereocenters. The number of aromatic nitrogens is 2. The first-order chi connectivity index (χ1) is 10.2. The zero-order chi connectivity index (χ0) is 16.5. The Morgan fingerprint density at radius 3 is 2.68 bits per heavy atom. The summed E-state index contributed by atoms with van der Waals surface area (Å²) in [7, 11) is 0. The van der Waals surface area contributed by atoms with Crippen LogP contribution in [0.3, 0.4) is 0 Å². The lowest BCUT2D eigenvalue weighted by molar-refractivity contribution is 0.0204. The van der Waals surface area contributed by atoms with Crippen molar-refractivity contribution in [2.24, 2.45) is 0 Å². The van der Waals surface area contributed by atoms with Crippen LogP contribution in [-0.2, 0) is 16.0 Å². The molecule has 0 saturated carbocycles. The second-order valence-corrected chi connectivity index (χ2v) is 6.45. The molecule has 7 heteroatoms. The number of fused-ring (bicyclic) bond motifs is 1. The number of carbonyl (C=O) groups is 2. The Morgan fingerprint density at radius 1 is 1.41 bits per heavy atom. The molecule has 0 fully saturated rings. The number of amides is 1. The fourth-order valence-corrected chi connectivity index (χ4v) is 2.46. The highest BCUT2D eigenvalue weighted by Crippen LogP contribution is 2.29. The number of nitrogens with zero attached hydrogens (tertiary/aromatic N) is 2. The number of aromatic amines is 1. The highest BCUT2D eigenvalue weighted by Gasteiger charge is 2.34. The Morgan fingerprint density at radius 2 is 2.09 bits per heavy atom. The molecule has 122 valence electrons. The van der Waals surface area contributed by atoms with Crippen molar-refractivity contribution >= 4 is 12.1 Å². The van der Waals surface area contributed by atoms with E-state index in [0.29, 0.717) is 18.7 Å². The first-order valence-corrected chi connectivity index (χ1v) is 7.45. The van der Waals surface area contributed by atoms with Gasteiger partial charge in [0.25, 0.3) is 0 Å². The number of carbonyl (C=O) groups excluding carboxylic acids is 2. The summed E-state index contributed by atoms with van der Waals surface area (Å²) in [6, 6.07) is 0. The number of hydrogen-bond donors (Lipinski definition) is 1. The van der Waals surface area contributed by atoms with Crippen molar-refractivity contribution < 1.29 is 19.1 Å². The summed E-state index contributed by atoms with van der Waals surface area (Å²) in [6.07, 6.45) is -0.388. The van der Waals surface area contributed by atoms with Crippen molar-refractivity contribution in [2.45, 2.75) is 52.7 Å². The largest absolute Gasteiger partial charge is 0.461 e. The van der Waals surface area contributed by atoms with E-state index in [-0.39, 0.29) is 24.3 Å². The van der Waals surface area contributed by atoms with Crippen LogP contribution in [0, 0.1) is 0 Å². The molecule has 1 N–H and O–H groups in total. The number of rotatable bonds is 2. The normalized spacial score (nSPS) is 17.9. The van der Waals surface area contributed by atoms with E-state index in [1.165, 1.54) is 0 Å². The monoisotopic (exact) mass is 309 g/mol. The number of ether oxygens (including phenoxy) is 2. The van der Waals surface area contributed by atoms with Crippen LogP contribution in [0.5, 0.6) is 0 Å². The lowest BCUT2D eigenvalue weighted by Gasteiger charge is -2.32. The maximum atomic E-state index is 12.3. The van der Waals surface area contributed by atoms with Crippen molar-refractivity contribution in [3.05, 3.63) is 17.0 Å². The predicted octanol–water partition coefficient (Wildman–Crippen LogP) is 2.44. The SMILES string of the molecule is CCOC(=O)c1n[nH]c2c1CN(C(=O)OC(C)(C)C)C[C@@H]2C. The fraction of sp³-hybridized carbons (Fsp3) is 0.667. The van der Waals surface area contributed by atoms with Gasteiger partial charge in [-0.15, -0.1) is 0 Å². The van der Waals surface area contributed by atoms with E-state index in [9.17, 15) is 9.59 Å². The van der Waals surface area contributed by atoms with Gasteiger partial charge in [-0.2, -0.15) is 5.10 Å². The van der Waals surface area contributed by atoms with Crippen LogP contribution in [-0.4, -0.2) is 45.9 Å². The van der Waals surface area contributed by atoms with E-state index in [1.807, 2.05) is 27.7 Å². The Kier molecular flexibility index (Phi) is 4.44. The third-order valence-corrected chi connectivity index (χ3v) is 3.36. The summed E-state index contributed by atoms with van der Waals surface area (Å²) in [5.41, 5.74) is 1.28. The van der Waals surface area contributed by atoms with Crippen LogP contribution in [0.4, 0.5) is 4.79 Å². The van der Waals surface area contributed by atoms with Crippen molar-refractivity contribution in [3.8, 4) is 0 Å². The molecule has 0 spiro atoms. The standard InChI is InChI=1S/C15H23N3O4/c1-6-21-13(19)12-10-8-18(14(20)22-15(3,4)5)7-9(2)11(10)16-17-12/h9H,6-8H2,1-5H3,(H,16,17)/t9-/m0/s1. The van der Waals surface area contributed by atoms with Gasteiger partial charge in [0, 0.05) is 23.7 Å².